The van der Waals surface area contributed by atoms with E-state index in [2.05, 4.69) is 13.8 Å². The van der Waals surface area contributed by atoms with Crippen molar-refractivity contribution in [2.45, 2.75) is 121 Å². The van der Waals surface area contributed by atoms with Gasteiger partial charge in [-0.3, -0.25) is 0 Å². The summed E-state index contributed by atoms with van der Waals surface area (Å²) in [6.45, 7) is 4.65. The van der Waals surface area contributed by atoms with E-state index in [0.29, 0.717) is 37.0 Å². The molecule has 0 saturated heterocycles. The minimum absolute atomic E-state index is 0.0644. The molecule has 7 fully saturated rings. The van der Waals surface area contributed by atoms with Gasteiger partial charge in [0.15, 0.2) is 6.17 Å². The van der Waals surface area contributed by atoms with Crippen molar-refractivity contribution in [3.05, 3.63) is 0 Å². The predicted molar refractivity (Wildman–Crippen MR) is 109 cm³/mol. The second-order valence-corrected chi connectivity index (χ2v) is 12.2. The number of rotatable bonds is 4. The summed E-state index contributed by atoms with van der Waals surface area (Å²) in [5, 5.41) is 0. The van der Waals surface area contributed by atoms with Gasteiger partial charge in [0.25, 0.3) is 5.92 Å². The molecule has 7 rings (SSSR count). The molecule has 4 bridgehead atoms. The minimum atomic E-state index is -3.25. The van der Waals surface area contributed by atoms with E-state index in [1.165, 1.54) is 0 Å². The number of alkyl halides is 3. The fourth-order valence-corrected chi connectivity index (χ4v) is 7.95. The molecule has 7 aliphatic carbocycles. The van der Waals surface area contributed by atoms with E-state index in [9.17, 15) is 0 Å². The van der Waals surface area contributed by atoms with E-state index in [-0.39, 0.29) is 18.1 Å². The molecule has 0 aromatic rings. The number of hydrogen-bond acceptors (Lipinski definition) is 1. The Balaban J connectivity index is 1.31. The van der Waals surface area contributed by atoms with Crippen LogP contribution in [0.4, 0.5) is 13.2 Å². The Bertz CT molecular complexity index is 603. The van der Waals surface area contributed by atoms with Crippen molar-refractivity contribution in [1.29, 1.82) is 0 Å². The van der Waals surface area contributed by atoms with Gasteiger partial charge in [0.05, 0.1) is 17.6 Å². The van der Waals surface area contributed by atoms with Crippen LogP contribution in [0.1, 0.15) is 104 Å². The summed E-state index contributed by atoms with van der Waals surface area (Å²) in [5.41, 5.74) is -1.83. The SMILES string of the molecule is CC1CCC(C23CCC(COC45CCC(C)(CC4)CC5)(CC2)C(F)(F)C3F)CC1. The number of hydrogen-bond donors (Lipinski definition) is 0. The lowest BCUT2D eigenvalue weighted by molar-refractivity contribution is -0.304. The molecule has 0 radical (unpaired) electrons. The fraction of sp³-hybridized carbons (Fsp3) is 1.00. The summed E-state index contributed by atoms with van der Waals surface area (Å²) < 4.78 is 53.3. The second-order valence-electron chi connectivity index (χ2n) is 12.2. The summed E-state index contributed by atoms with van der Waals surface area (Å²) in [6, 6.07) is 0. The molecule has 0 amide bonds. The Hall–Kier alpha value is -0.250. The van der Waals surface area contributed by atoms with Crippen molar-refractivity contribution in [2.24, 2.45) is 28.1 Å². The molecule has 0 heterocycles. The first-order valence-corrected chi connectivity index (χ1v) is 12.3. The van der Waals surface area contributed by atoms with E-state index >= 15 is 13.2 Å². The highest BCUT2D eigenvalue weighted by Gasteiger charge is 2.73. The van der Waals surface area contributed by atoms with Crippen LogP contribution in [-0.4, -0.2) is 24.3 Å². The van der Waals surface area contributed by atoms with Crippen molar-refractivity contribution in [1.82, 2.24) is 0 Å². The molecule has 0 aromatic carbocycles. The van der Waals surface area contributed by atoms with E-state index < -0.39 is 22.9 Å². The highest BCUT2D eigenvalue weighted by atomic mass is 19.3. The standard InChI is InChI=1S/C25H39F3O/c1-18-3-5-19(6-4-18)24-15-10-22(11-16-24,25(27,28)20(24)26)17-29-23-12-7-21(2,8-13-23)9-14-23/h18-20H,3-17H2,1-2H3. The lowest BCUT2D eigenvalue weighted by Gasteiger charge is -2.62. The van der Waals surface area contributed by atoms with Crippen molar-refractivity contribution >= 4 is 0 Å². The molecule has 7 aliphatic rings. The van der Waals surface area contributed by atoms with Gasteiger partial charge in [-0.25, -0.2) is 13.2 Å². The zero-order valence-electron chi connectivity index (χ0n) is 18.4. The molecule has 0 aliphatic heterocycles. The molecule has 1 atom stereocenters. The Morgan fingerprint density at radius 3 is 1.90 bits per heavy atom. The van der Waals surface area contributed by atoms with Crippen LogP contribution in [0.25, 0.3) is 0 Å². The molecule has 29 heavy (non-hydrogen) atoms. The van der Waals surface area contributed by atoms with Crippen LogP contribution < -0.4 is 0 Å². The Labute approximate surface area is 174 Å². The maximum absolute atomic E-state index is 15.6. The van der Waals surface area contributed by atoms with Crippen molar-refractivity contribution < 1.29 is 17.9 Å². The van der Waals surface area contributed by atoms with Gasteiger partial charge in [-0.05, 0) is 94.3 Å². The summed E-state index contributed by atoms with van der Waals surface area (Å²) in [4.78, 5) is 0. The van der Waals surface area contributed by atoms with Gasteiger partial charge >= 0.3 is 0 Å². The van der Waals surface area contributed by atoms with Crippen LogP contribution in [0.15, 0.2) is 0 Å². The molecule has 0 aromatic heterocycles. The van der Waals surface area contributed by atoms with Crippen LogP contribution in [0, 0.1) is 28.1 Å². The first-order valence-electron chi connectivity index (χ1n) is 12.3. The highest BCUT2D eigenvalue weighted by molar-refractivity contribution is 5.16. The van der Waals surface area contributed by atoms with Gasteiger partial charge in [-0.15, -0.1) is 0 Å². The zero-order valence-corrected chi connectivity index (χ0v) is 18.4. The van der Waals surface area contributed by atoms with Crippen molar-refractivity contribution in [3.63, 3.8) is 0 Å². The molecule has 7 saturated carbocycles. The average molecular weight is 413 g/mol. The summed E-state index contributed by atoms with van der Waals surface area (Å²) in [5.74, 6) is -2.44. The average Bonchev–Trinajstić information content (AvgIpc) is 2.73. The van der Waals surface area contributed by atoms with Crippen molar-refractivity contribution in [3.8, 4) is 0 Å². The molecule has 0 spiro atoms. The monoisotopic (exact) mass is 412 g/mol. The normalized spacial score (nSPS) is 53.9. The third-order valence-corrected chi connectivity index (χ3v) is 10.7. The van der Waals surface area contributed by atoms with Crippen LogP contribution in [0.5, 0.6) is 0 Å². The molecule has 166 valence electrons. The van der Waals surface area contributed by atoms with Crippen LogP contribution in [0.2, 0.25) is 0 Å². The fourth-order valence-electron chi connectivity index (χ4n) is 7.95. The van der Waals surface area contributed by atoms with Crippen LogP contribution in [0.3, 0.4) is 0 Å². The topological polar surface area (TPSA) is 9.23 Å². The van der Waals surface area contributed by atoms with Gasteiger partial charge in [0.1, 0.15) is 0 Å². The zero-order chi connectivity index (χ0) is 20.5. The minimum Gasteiger partial charge on any atom is -0.374 e. The van der Waals surface area contributed by atoms with Gasteiger partial charge < -0.3 is 4.74 Å². The lowest BCUT2D eigenvalue weighted by Crippen LogP contribution is -2.67. The lowest BCUT2D eigenvalue weighted by atomic mass is 9.46. The molecular formula is C25H39F3O. The van der Waals surface area contributed by atoms with Gasteiger partial charge in [0, 0.05) is 5.41 Å². The number of ether oxygens (including phenoxy) is 1. The highest BCUT2D eigenvalue weighted by Crippen LogP contribution is 2.69. The largest absolute Gasteiger partial charge is 0.374 e. The predicted octanol–water partition coefficient (Wildman–Crippen LogP) is 7.48. The maximum Gasteiger partial charge on any atom is 0.286 e. The van der Waals surface area contributed by atoms with E-state index in [1.807, 2.05) is 0 Å². The quantitative estimate of drug-likeness (QED) is 0.465. The first kappa shape index (κ1) is 20.6. The second kappa shape index (κ2) is 6.62. The van der Waals surface area contributed by atoms with Gasteiger partial charge in [0.2, 0.25) is 0 Å². The third kappa shape index (κ3) is 2.97. The molecule has 1 unspecified atom stereocenters. The molecule has 0 N–H and O–H groups in total. The summed E-state index contributed by atoms with van der Waals surface area (Å²) >= 11 is 0. The Kier molecular flexibility index (Phi) is 4.72. The van der Waals surface area contributed by atoms with Gasteiger partial charge in [-0.2, -0.15) is 0 Å². The third-order valence-electron chi connectivity index (χ3n) is 10.7. The van der Waals surface area contributed by atoms with Crippen molar-refractivity contribution in [2.75, 3.05) is 6.61 Å². The number of fused-ring (bicyclic) bond motifs is 6. The van der Waals surface area contributed by atoms with E-state index in [4.69, 9.17) is 4.74 Å². The summed E-state index contributed by atoms with van der Waals surface area (Å²) in [7, 11) is 0. The Morgan fingerprint density at radius 1 is 0.793 bits per heavy atom. The summed E-state index contributed by atoms with van der Waals surface area (Å²) in [6.07, 6.45) is 10.6. The molecule has 1 nitrogen and oxygen atoms in total. The van der Waals surface area contributed by atoms with Crippen LogP contribution in [-0.2, 0) is 4.74 Å². The Morgan fingerprint density at radius 2 is 1.34 bits per heavy atom. The van der Waals surface area contributed by atoms with Gasteiger partial charge in [-0.1, -0.05) is 26.7 Å². The maximum atomic E-state index is 15.6. The van der Waals surface area contributed by atoms with Crippen LogP contribution >= 0.6 is 0 Å². The number of halogens is 3. The molecule has 4 heteroatoms. The smallest absolute Gasteiger partial charge is 0.286 e. The van der Waals surface area contributed by atoms with E-state index in [0.717, 1.165) is 64.2 Å². The first-order chi connectivity index (χ1) is 13.6. The molecular weight excluding hydrogens is 373 g/mol. The van der Waals surface area contributed by atoms with E-state index in [1.54, 1.807) is 0 Å².